The van der Waals surface area contributed by atoms with E-state index < -0.39 is 0 Å². The molecule has 1 aliphatic heterocycles. The van der Waals surface area contributed by atoms with Gasteiger partial charge in [0.15, 0.2) is 0 Å². The lowest BCUT2D eigenvalue weighted by Gasteiger charge is -2.36. The Morgan fingerprint density at radius 3 is 2.71 bits per heavy atom. The Morgan fingerprint density at radius 1 is 1.53 bits per heavy atom. The summed E-state index contributed by atoms with van der Waals surface area (Å²) >= 11 is 0. The van der Waals surface area contributed by atoms with Gasteiger partial charge in [0.25, 0.3) is 0 Å². The van der Waals surface area contributed by atoms with Crippen molar-refractivity contribution in [3.63, 3.8) is 0 Å². The zero-order valence-corrected chi connectivity index (χ0v) is 11.7. The smallest absolute Gasteiger partial charge is 0.236 e. The van der Waals surface area contributed by atoms with Gasteiger partial charge in [0, 0.05) is 25.7 Å². The number of nitrogens with one attached hydrogen (secondary N) is 1. The molecule has 0 aromatic rings. The van der Waals surface area contributed by atoms with E-state index in [0.717, 1.165) is 19.4 Å². The molecule has 17 heavy (non-hydrogen) atoms. The maximum absolute atomic E-state index is 11.8. The fourth-order valence-corrected chi connectivity index (χ4v) is 2.05. The maximum Gasteiger partial charge on any atom is 0.236 e. The molecule has 4 heteroatoms. The van der Waals surface area contributed by atoms with Crippen LogP contribution >= 0.6 is 0 Å². The van der Waals surface area contributed by atoms with Crippen LogP contribution in [0.2, 0.25) is 0 Å². The van der Waals surface area contributed by atoms with Gasteiger partial charge in [-0.05, 0) is 40.5 Å². The second kappa shape index (κ2) is 5.83. The van der Waals surface area contributed by atoms with E-state index in [2.05, 4.69) is 19.2 Å². The summed E-state index contributed by atoms with van der Waals surface area (Å²) in [4.78, 5) is 13.6. The SMILES string of the molecule is CC(C)N(C)C(=O)CNC1CCOC(C)(C)C1. The normalized spacial score (nSPS) is 23.8. The number of amides is 1. The highest BCUT2D eigenvalue weighted by Crippen LogP contribution is 2.23. The molecule has 0 saturated carbocycles. The van der Waals surface area contributed by atoms with Crippen molar-refractivity contribution in [2.75, 3.05) is 20.2 Å². The molecule has 1 saturated heterocycles. The highest BCUT2D eigenvalue weighted by molar-refractivity contribution is 5.78. The Hall–Kier alpha value is -0.610. The van der Waals surface area contributed by atoms with Gasteiger partial charge in [-0.1, -0.05) is 0 Å². The fourth-order valence-electron chi connectivity index (χ4n) is 2.05. The summed E-state index contributed by atoms with van der Waals surface area (Å²) in [5, 5.41) is 3.34. The molecule has 1 heterocycles. The molecule has 1 atom stereocenters. The molecule has 0 aromatic heterocycles. The van der Waals surface area contributed by atoms with E-state index in [-0.39, 0.29) is 17.6 Å². The summed E-state index contributed by atoms with van der Waals surface area (Å²) in [6, 6.07) is 0.652. The zero-order valence-electron chi connectivity index (χ0n) is 11.7. The van der Waals surface area contributed by atoms with Crippen LogP contribution in [-0.2, 0) is 9.53 Å². The average molecular weight is 242 g/mol. The number of carbonyl (C=O) groups is 1. The molecule has 0 aromatic carbocycles. The van der Waals surface area contributed by atoms with E-state index in [1.54, 1.807) is 4.90 Å². The third-order valence-corrected chi connectivity index (χ3v) is 3.41. The maximum atomic E-state index is 11.8. The molecule has 1 aliphatic rings. The van der Waals surface area contributed by atoms with Gasteiger partial charge in [0.2, 0.25) is 5.91 Å². The largest absolute Gasteiger partial charge is 0.375 e. The molecule has 1 amide bonds. The molecule has 1 unspecified atom stereocenters. The van der Waals surface area contributed by atoms with Crippen LogP contribution in [0, 0.1) is 0 Å². The number of ether oxygens (including phenoxy) is 1. The van der Waals surface area contributed by atoms with Gasteiger partial charge in [-0.15, -0.1) is 0 Å². The van der Waals surface area contributed by atoms with Crippen molar-refractivity contribution in [2.45, 2.75) is 58.2 Å². The lowest BCUT2D eigenvalue weighted by molar-refractivity contribution is -0.131. The molecular formula is C13H26N2O2. The van der Waals surface area contributed by atoms with E-state index >= 15 is 0 Å². The van der Waals surface area contributed by atoms with Gasteiger partial charge < -0.3 is 15.0 Å². The molecule has 1 fully saturated rings. The van der Waals surface area contributed by atoms with Gasteiger partial charge in [-0.25, -0.2) is 0 Å². The monoisotopic (exact) mass is 242 g/mol. The summed E-state index contributed by atoms with van der Waals surface area (Å²) in [5.74, 6) is 0.157. The summed E-state index contributed by atoms with van der Waals surface area (Å²) in [7, 11) is 1.85. The minimum atomic E-state index is -0.0666. The molecule has 0 bridgehead atoms. The second-order valence-corrected chi connectivity index (χ2v) is 5.78. The molecule has 0 spiro atoms. The third-order valence-electron chi connectivity index (χ3n) is 3.41. The average Bonchev–Trinajstić information content (AvgIpc) is 2.23. The number of hydrogen-bond acceptors (Lipinski definition) is 3. The molecule has 4 nitrogen and oxygen atoms in total. The van der Waals surface area contributed by atoms with Crippen LogP contribution in [0.1, 0.15) is 40.5 Å². The lowest BCUT2D eigenvalue weighted by Crippen LogP contribution is -2.47. The van der Waals surface area contributed by atoms with Gasteiger partial charge in [-0.2, -0.15) is 0 Å². The van der Waals surface area contributed by atoms with E-state index in [1.165, 1.54) is 0 Å². The number of rotatable bonds is 4. The summed E-state index contributed by atoms with van der Waals surface area (Å²) in [5.41, 5.74) is -0.0666. The van der Waals surface area contributed by atoms with Gasteiger partial charge in [0.05, 0.1) is 12.1 Å². The number of hydrogen-bond donors (Lipinski definition) is 1. The lowest BCUT2D eigenvalue weighted by atomic mass is 9.94. The molecular weight excluding hydrogens is 216 g/mol. The van der Waals surface area contributed by atoms with Crippen molar-refractivity contribution in [3.8, 4) is 0 Å². The first-order valence-electron chi connectivity index (χ1n) is 6.45. The van der Waals surface area contributed by atoms with Crippen molar-refractivity contribution < 1.29 is 9.53 Å². The first-order chi connectivity index (χ1) is 7.82. The Morgan fingerprint density at radius 2 is 2.18 bits per heavy atom. The Bertz CT molecular complexity index is 264. The van der Waals surface area contributed by atoms with Gasteiger partial charge >= 0.3 is 0 Å². The zero-order chi connectivity index (χ0) is 13.1. The van der Waals surface area contributed by atoms with Crippen molar-refractivity contribution >= 4 is 5.91 Å². The van der Waals surface area contributed by atoms with Crippen LogP contribution in [0.15, 0.2) is 0 Å². The second-order valence-electron chi connectivity index (χ2n) is 5.78. The topological polar surface area (TPSA) is 41.6 Å². The summed E-state index contributed by atoms with van der Waals surface area (Å²) < 4.78 is 5.65. The van der Waals surface area contributed by atoms with Crippen LogP contribution < -0.4 is 5.32 Å². The number of nitrogens with zero attached hydrogens (tertiary/aromatic N) is 1. The molecule has 0 radical (unpaired) electrons. The van der Waals surface area contributed by atoms with E-state index in [0.29, 0.717) is 12.6 Å². The molecule has 0 aliphatic carbocycles. The van der Waals surface area contributed by atoms with E-state index in [4.69, 9.17) is 4.74 Å². The quantitative estimate of drug-likeness (QED) is 0.810. The van der Waals surface area contributed by atoms with Gasteiger partial charge in [0.1, 0.15) is 0 Å². The Kier molecular flexibility index (Phi) is 4.95. The third kappa shape index (κ3) is 4.64. The summed E-state index contributed by atoms with van der Waals surface area (Å²) in [6.07, 6.45) is 1.95. The van der Waals surface area contributed by atoms with Crippen molar-refractivity contribution in [1.82, 2.24) is 10.2 Å². The van der Waals surface area contributed by atoms with Crippen LogP contribution in [0.5, 0.6) is 0 Å². The van der Waals surface area contributed by atoms with Crippen LogP contribution in [-0.4, -0.2) is 48.7 Å². The highest BCUT2D eigenvalue weighted by atomic mass is 16.5. The molecule has 100 valence electrons. The minimum absolute atomic E-state index is 0.0666. The van der Waals surface area contributed by atoms with Crippen molar-refractivity contribution in [3.05, 3.63) is 0 Å². The fraction of sp³-hybridized carbons (Fsp3) is 0.923. The van der Waals surface area contributed by atoms with Crippen molar-refractivity contribution in [1.29, 1.82) is 0 Å². The van der Waals surface area contributed by atoms with Crippen LogP contribution in [0.25, 0.3) is 0 Å². The first kappa shape index (κ1) is 14.5. The standard InChI is InChI=1S/C13H26N2O2/c1-10(2)15(5)12(16)9-14-11-6-7-17-13(3,4)8-11/h10-11,14H,6-9H2,1-5H3. The van der Waals surface area contributed by atoms with Crippen LogP contribution in [0.3, 0.4) is 0 Å². The van der Waals surface area contributed by atoms with Crippen molar-refractivity contribution in [2.24, 2.45) is 0 Å². The van der Waals surface area contributed by atoms with Gasteiger partial charge in [-0.3, -0.25) is 4.79 Å². The number of likely N-dealkylation sites (N-methyl/N-ethyl adjacent to an activating group) is 1. The minimum Gasteiger partial charge on any atom is -0.375 e. The summed E-state index contributed by atoms with van der Waals surface area (Å²) in [6.45, 7) is 9.45. The molecule has 1 rings (SSSR count). The predicted molar refractivity (Wildman–Crippen MR) is 69.0 cm³/mol. The van der Waals surface area contributed by atoms with Crippen LogP contribution in [0.4, 0.5) is 0 Å². The van der Waals surface area contributed by atoms with E-state index in [9.17, 15) is 4.79 Å². The Balaban J connectivity index is 2.33. The predicted octanol–water partition coefficient (Wildman–Crippen LogP) is 1.40. The Labute approximate surface area is 105 Å². The van der Waals surface area contributed by atoms with E-state index in [1.807, 2.05) is 20.9 Å². The highest BCUT2D eigenvalue weighted by Gasteiger charge is 2.28. The molecule has 1 N–H and O–H groups in total. The number of carbonyl (C=O) groups excluding carboxylic acids is 1. The first-order valence-corrected chi connectivity index (χ1v) is 6.45.